The Bertz CT molecular complexity index is 350. The first-order valence-corrected chi connectivity index (χ1v) is 17.0. The minimum Gasteiger partial charge on any atom is -0.0975 e. The van der Waals surface area contributed by atoms with E-state index in [0.29, 0.717) is 0 Å². The first kappa shape index (κ1) is 20.0. The summed E-state index contributed by atoms with van der Waals surface area (Å²) in [4.78, 5) is 0. The topological polar surface area (TPSA) is 0 Å². The van der Waals surface area contributed by atoms with Crippen LogP contribution in [0.4, 0.5) is 0 Å². The van der Waals surface area contributed by atoms with Crippen molar-refractivity contribution in [2.45, 2.75) is 91.1 Å². The maximum Gasteiger partial charge on any atom is 0.0698 e. The number of halogens is 1. The molecule has 0 saturated carbocycles. The number of rotatable bonds is 2. The molecular weight excluding hydrogens is 303 g/mol. The highest BCUT2D eigenvalue weighted by Gasteiger charge is 2.48. The molecule has 0 amide bonds. The molecule has 0 nitrogen and oxygen atoms in total. The van der Waals surface area contributed by atoms with E-state index in [2.05, 4.69) is 80.8 Å². The van der Waals surface area contributed by atoms with Gasteiger partial charge in [-0.05, 0) is 16.6 Å². The summed E-state index contributed by atoms with van der Waals surface area (Å²) < 4.78 is 1.84. The Morgan fingerprint density at radius 3 is 0.947 bits per heavy atom. The highest BCUT2D eigenvalue weighted by Crippen LogP contribution is 2.74. The van der Waals surface area contributed by atoms with E-state index >= 15 is 0 Å². The molecule has 0 unspecified atom stereocenters. The van der Waals surface area contributed by atoms with Crippen LogP contribution in [0, 0.1) is 0 Å². The molecule has 0 aliphatic rings. The first-order valence-electron chi connectivity index (χ1n) is 7.34. The van der Waals surface area contributed by atoms with Crippen LogP contribution in [0.15, 0.2) is 0 Å². The van der Waals surface area contributed by atoms with E-state index < -0.39 is 22.4 Å². The summed E-state index contributed by atoms with van der Waals surface area (Å²) >= 11 is 7.57. The lowest BCUT2D eigenvalue weighted by Gasteiger charge is -2.51. The Labute approximate surface area is 129 Å². The molecule has 0 saturated heterocycles. The predicted octanol–water partition coefficient (Wildman–Crippen LogP) is 6.68. The van der Waals surface area contributed by atoms with Crippen LogP contribution in [0.1, 0.15) is 41.5 Å². The maximum absolute atomic E-state index is 7.57. The van der Waals surface area contributed by atoms with E-state index in [-0.39, 0.29) is 10.3 Å². The van der Waals surface area contributed by atoms with E-state index in [9.17, 15) is 0 Å². The molecule has 0 spiro atoms. The largest absolute Gasteiger partial charge is 0.0975 e. The predicted molar refractivity (Wildman–Crippen MR) is 104 cm³/mol. The Hall–Kier alpha value is 1.02. The van der Waals surface area contributed by atoms with Crippen molar-refractivity contribution in [3.63, 3.8) is 0 Å². The monoisotopic (exact) mass is 338 g/mol. The summed E-state index contributed by atoms with van der Waals surface area (Å²) in [6.07, 6.45) is -1.68. The van der Waals surface area contributed by atoms with Crippen LogP contribution in [0.3, 0.4) is 0 Å². The maximum atomic E-state index is 7.57. The normalized spacial score (nSPS) is 15.6. The average molecular weight is 339 g/mol. The second-order valence-corrected chi connectivity index (χ2v) is 27.0. The molecule has 0 bridgehead atoms. The van der Waals surface area contributed by atoms with Crippen LogP contribution in [-0.4, -0.2) is 31.0 Å². The zero-order valence-electron chi connectivity index (χ0n) is 15.3. The van der Waals surface area contributed by atoms with Gasteiger partial charge in [0.1, 0.15) is 0 Å². The van der Waals surface area contributed by atoms with Crippen LogP contribution in [0.2, 0.25) is 39.3 Å². The third kappa shape index (κ3) is 4.02. The van der Waals surface area contributed by atoms with Gasteiger partial charge >= 0.3 is 0 Å². The fourth-order valence-corrected chi connectivity index (χ4v) is 32.1. The SMILES string of the molecule is CC(C)(C)P(Cl)(=C([Si](C)(C)C)[Si](C)(C)C)C(C)(C)C. The van der Waals surface area contributed by atoms with Gasteiger partial charge in [-0.25, -0.2) is 0 Å². The van der Waals surface area contributed by atoms with E-state index in [4.69, 9.17) is 11.2 Å². The molecule has 0 fully saturated rings. The van der Waals surface area contributed by atoms with Gasteiger partial charge in [-0.2, -0.15) is 0 Å². The second-order valence-electron chi connectivity index (χ2n) is 9.78. The minimum absolute atomic E-state index is 0.183. The number of hydrogen-bond donors (Lipinski definition) is 0. The van der Waals surface area contributed by atoms with Crippen molar-refractivity contribution >= 4 is 38.2 Å². The third-order valence-electron chi connectivity index (χ3n) is 3.58. The minimum atomic E-state index is -1.68. The van der Waals surface area contributed by atoms with E-state index in [1.807, 2.05) is 4.54 Å². The quantitative estimate of drug-likeness (QED) is 0.389. The lowest BCUT2D eigenvalue weighted by molar-refractivity contribution is 0.716. The molecule has 0 aromatic rings. The van der Waals surface area contributed by atoms with Gasteiger partial charge in [0.15, 0.2) is 0 Å². The molecule has 0 rings (SSSR count). The molecule has 0 aliphatic heterocycles. The van der Waals surface area contributed by atoms with Gasteiger partial charge in [0, 0.05) is 0 Å². The Morgan fingerprint density at radius 1 is 0.684 bits per heavy atom. The molecular formula is C15H36ClPSi2. The van der Waals surface area contributed by atoms with Gasteiger partial charge in [0.2, 0.25) is 0 Å². The van der Waals surface area contributed by atoms with Crippen molar-refractivity contribution in [2.24, 2.45) is 0 Å². The van der Waals surface area contributed by atoms with Crippen molar-refractivity contribution in [1.29, 1.82) is 0 Å². The molecule has 116 valence electrons. The zero-order valence-corrected chi connectivity index (χ0v) is 19.0. The van der Waals surface area contributed by atoms with Gasteiger partial charge in [-0.3, -0.25) is 0 Å². The standard InChI is InChI=1S/C15H36ClPSi2/c1-14(2,3)17(16,15(4,5)6)13(18(7,8)9)19(10,11)12/h1-12H3. The van der Waals surface area contributed by atoms with Gasteiger partial charge in [0.25, 0.3) is 0 Å². The summed E-state index contributed by atoms with van der Waals surface area (Å²) in [7, 11) is -2.76. The van der Waals surface area contributed by atoms with Gasteiger partial charge in [0.05, 0.1) is 16.1 Å². The van der Waals surface area contributed by atoms with Crippen molar-refractivity contribution in [2.75, 3.05) is 0 Å². The zero-order chi connectivity index (χ0) is 16.1. The second kappa shape index (κ2) is 5.34. The van der Waals surface area contributed by atoms with Crippen LogP contribution < -0.4 is 0 Å². The van der Waals surface area contributed by atoms with Crippen LogP contribution >= 0.6 is 17.5 Å². The Balaban J connectivity index is 6.93. The lowest BCUT2D eigenvalue weighted by Crippen LogP contribution is -2.53. The number of hydrogen-bond acceptors (Lipinski definition) is 0. The fourth-order valence-electron chi connectivity index (χ4n) is 3.73. The Kier molecular flexibility index (Phi) is 5.63. The average Bonchev–Trinajstić information content (AvgIpc) is 1.92. The smallest absolute Gasteiger partial charge is 0.0698 e. The summed E-state index contributed by atoms with van der Waals surface area (Å²) in [6, 6.07) is 0. The van der Waals surface area contributed by atoms with Crippen molar-refractivity contribution in [3.05, 3.63) is 0 Å². The van der Waals surface area contributed by atoms with Crippen molar-refractivity contribution < 1.29 is 0 Å². The van der Waals surface area contributed by atoms with Gasteiger partial charge in [-0.1, -0.05) is 96.6 Å². The molecule has 19 heavy (non-hydrogen) atoms. The lowest BCUT2D eigenvalue weighted by atomic mass is 10.2. The molecule has 0 aromatic carbocycles. The van der Waals surface area contributed by atoms with Crippen molar-refractivity contribution in [1.82, 2.24) is 0 Å². The van der Waals surface area contributed by atoms with Crippen LogP contribution in [-0.2, 0) is 0 Å². The molecule has 4 heteroatoms. The van der Waals surface area contributed by atoms with Gasteiger partial charge < -0.3 is 0 Å². The molecule has 0 aromatic heterocycles. The summed E-state index contributed by atoms with van der Waals surface area (Å²) in [5.74, 6) is 0. The summed E-state index contributed by atoms with van der Waals surface area (Å²) in [5, 5.41) is 0.366. The van der Waals surface area contributed by atoms with Crippen molar-refractivity contribution in [3.8, 4) is 0 Å². The van der Waals surface area contributed by atoms with E-state index in [1.54, 1.807) is 0 Å². The van der Waals surface area contributed by atoms with Gasteiger partial charge in [-0.15, -0.1) is 0 Å². The first-order chi connectivity index (χ1) is 7.87. The molecule has 0 aliphatic carbocycles. The summed E-state index contributed by atoms with van der Waals surface area (Å²) in [6.45, 7) is 29.1. The molecule has 0 N–H and O–H groups in total. The van der Waals surface area contributed by atoms with Crippen LogP contribution in [0.5, 0.6) is 0 Å². The van der Waals surface area contributed by atoms with E-state index in [1.165, 1.54) is 0 Å². The molecule has 0 radical (unpaired) electrons. The van der Waals surface area contributed by atoms with Crippen LogP contribution in [0.25, 0.3) is 0 Å². The third-order valence-corrected chi connectivity index (χ3v) is 25.7. The Morgan fingerprint density at radius 2 is 0.895 bits per heavy atom. The van der Waals surface area contributed by atoms with E-state index in [0.717, 1.165) is 0 Å². The molecule has 0 heterocycles. The highest BCUT2D eigenvalue weighted by molar-refractivity contribution is 8.06. The highest BCUT2D eigenvalue weighted by atomic mass is 35.7. The summed E-state index contributed by atoms with van der Waals surface area (Å²) in [5.41, 5.74) is 0. The fraction of sp³-hybridized carbons (Fsp3) is 0.933. The molecule has 0 atom stereocenters.